The Balaban J connectivity index is 2.00. The summed E-state index contributed by atoms with van der Waals surface area (Å²) in [6.07, 6.45) is 3.91. The van der Waals surface area contributed by atoms with Crippen LogP contribution in [-0.4, -0.2) is 18.0 Å². The van der Waals surface area contributed by atoms with Crippen molar-refractivity contribution in [2.45, 2.75) is 26.7 Å². The van der Waals surface area contributed by atoms with E-state index in [1.54, 1.807) is 0 Å². The van der Waals surface area contributed by atoms with Gasteiger partial charge in [-0.15, -0.1) is 0 Å². The van der Waals surface area contributed by atoms with Crippen LogP contribution in [0.5, 0.6) is 0 Å². The van der Waals surface area contributed by atoms with Gasteiger partial charge in [0, 0.05) is 33.5 Å². The molecule has 128 valence electrons. The molecule has 2 aromatic rings. The zero-order valence-electron chi connectivity index (χ0n) is 14.5. The van der Waals surface area contributed by atoms with Gasteiger partial charge in [-0.2, -0.15) is 0 Å². The second kappa shape index (κ2) is 7.79. The van der Waals surface area contributed by atoms with E-state index in [2.05, 4.69) is 52.2 Å². The van der Waals surface area contributed by atoms with Crippen molar-refractivity contribution in [3.05, 3.63) is 69.7 Å². The number of carbonyl (C=O) groups excluding carboxylic acids is 1. The van der Waals surface area contributed by atoms with Crippen molar-refractivity contribution in [3.8, 4) is 0 Å². The smallest absolute Gasteiger partial charge is 0.211 e. The highest BCUT2D eigenvalue weighted by Gasteiger charge is 2.24. The molecule has 3 nitrogen and oxygen atoms in total. The molecule has 2 aromatic carbocycles. The second-order valence-corrected chi connectivity index (χ2v) is 7.10. The Morgan fingerprint density at radius 3 is 2.56 bits per heavy atom. The lowest BCUT2D eigenvalue weighted by atomic mass is 9.92. The molecule has 0 bridgehead atoms. The summed E-state index contributed by atoms with van der Waals surface area (Å²) in [5, 5.41) is 3.44. The summed E-state index contributed by atoms with van der Waals surface area (Å²) < 4.78 is 0.946. The Bertz CT molecular complexity index is 851. The Morgan fingerprint density at radius 2 is 1.84 bits per heavy atom. The summed E-state index contributed by atoms with van der Waals surface area (Å²) in [6, 6.07) is 13.9. The van der Waals surface area contributed by atoms with Crippen molar-refractivity contribution in [2.24, 2.45) is 4.99 Å². The molecule has 3 rings (SSSR count). The van der Waals surface area contributed by atoms with Gasteiger partial charge in [0.25, 0.3) is 0 Å². The average molecular weight is 397 g/mol. The summed E-state index contributed by atoms with van der Waals surface area (Å²) in [4.78, 5) is 17.3. The molecule has 0 unspecified atom stereocenters. The van der Waals surface area contributed by atoms with Crippen LogP contribution in [0.2, 0.25) is 0 Å². The van der Waals surface area contributed by atoms with Gasteiger partial charge in [-0.1, -0.05) is 47.0 Å². The quantitative estimate of drug-likeness (QED) is 0.663. The number of allylic oxidation sites excluding steroid dienone is 1. The maximum absolute atomic E-state index is 12.7. The first-order valence-corrected chi connectivity index (χ1v) is 9.32. The van der Waals surface area contributed by atoms with Crippen LogP contribution in [0.3, 0.4) is 0 Å². The highest BCUT2D eigenvalue weighted by atomic mass is 79.9. The SMILES string of the molecule is CCCCN=C1C=C(Nc2ccc(C)cc2)c2cc(Br)ccc2C1=O. The van der Waals surface area contributed by atoms with E-state index in [9.17, 15) is 4.79 Å². The fraction of sp³-hybridized carbons (Fsp3) is 0.238. The monoisotopic (exact) mass is 396 g/mol. The lowest BCUT2D eigenvalue weighted by Gasteiger charge is -2.20. The van der Waals surface area contributed by atoms with E-state index in [0.29, 0.717) is 17.8 Å². The van der Waals surface area contributed by atoms with Gasteiger partial charge in [-0.25, -0.2) is 0 Å². The number of halogens is 1. The number of hydrogen-bond donors (Lipinski definition) is 1. The molecule has 0 amide bonds. The summed E-state index contributed by atoms with van der Waals surface area (Å²) in [7, 11) is 0. The molecule has 25 heavy (non-hydrogen) atoms. The van der Waals surface area contributed by atoms with E-state index >= 15 is 0 Å². The number of benzene rings is 2. The van der Waals surface area contributed by atoms with Crippen LogP contribution in [0.15, 0.2) is 58.0 Å². The van der Waals surface area contributed by atoms with Gasteiger partial charge >= 0.3 is 0 Å². The standard InChI is InChI=1S/C21H21BrN2O/c1-3-4-11-23-20-13-19(24-16-8-5-14(2)6-9-16)18-12-15(22)7-10-17(18)21(20)25/h5-10,12-13,24H,3-4,11H2,1-2H3. The van der Waals surface area contributed by atoms with Gasteiger partial charge in [0.15, 0.2) is 0 Å². The largest absolute Gasteiger partial charge is 0.355 e. The van der Waals surface area contributed by atoms with E-state index < -0.39 is 0 Å². The van der Waals surface area contributed by atoms with Crippen LogP contribution >= 0.6 is 15.9 Å². The fourth-order valence-corrected chi connectivity index (χ4v) is 3.09. The molecule has 1 aliphatic rings. The van der Waals surface area contributed by atoms with Crippen LogP contribution in [0.4, 0.5) is 5.69 Å². The molecule has 0 aliphatic heterocycles. The van der Waals surface area contributed by atoms with Gasteiger partial charge in [-0.3, -0.25) is 9.79 Å². The third kappa shape index (κ3) is 4.07. The van der Waals surface area contributed by atoms with Gasteiger partial charge in [0.05, 0.1) is 0 Å². The minimum absolute atomic E-state index is 0.00643. The zero-order chi connectivity index (χ0) is 17.8. The number of aryl methyl sites for hydroxylation is 1. The number of fused-ring (bicyclic) bond motifs is 1. The molecule has 0 heterocycles. The molecule has 0 aromatic heterocycles. The predicted molar refractivity (Wildman–Crippen MR) is 108 cm³/mol. The minimum atomic E-state index is -0.00643. The van der Waals surface area contributed by atoms with E-state index in [1.807, 2.05) is 36.4 Å². The lowest BCUT2D eigenvalue weighted by molar-refractivity contribution is 0.106. The summed E-state index contributed by atoms with van der Waals surface area (Å²) in [5.41, 5.74) is 5.21. The maximum atomic E-state index is 12.7. The number of anilines is 1. The molecule has 0 saturated heterocycles. The number of carbonyl (C=O) groups is 1. The third-order valence-electron chi connectivity index (χ3n) is 4.15. The molecule has 1 aliphatic carbocycles. The van der Waals surface area contributed by atoms with E-state index in [1.165, 1.54) is 5.56 Å². The van der Waals surface area contributed by atoms with E-state index in [-0.39, 0.29) is 5.78 Å². The molecule has 0 saturated carbocycles. The number of nitrogens with one attached hydrogen (secondary N) is 1. The van der Waals surface area contributed by atoms with Crippen molar-refractivity contribution in [1.82, 2.24) is 0 Å². The Morgan fingerprint density at radius 1 is 1.08 bits per heavy atom. The van der Waals surface area contributed by atoms with Gasteiger partial charge in [0.1, 0.15) is 5.71 Å². The molecule has 0 radical (unpaired) electrons. The molecule has 0 spiro atoms. The number of Topliss-reactive ketones (excluding diaryl/α,β-unsaturated/α-hetero) is 1. The summed E-state index contributed by atoms with van der Waals surface area (Å²) in [5.74, 6) is -0.00643. The van der Waals surface area contributed by atoms with Gasteiger partial charge < -0.3 is 5.32 Å². The van der Waals surface area contributed by atoms with Crippen LogP contribution < -0.4 is 5.32 Å². The summed E-state index contributed by atoms with van der Waals surface area (Å²) >= 11 is 3.50. The molecule has 4 heteroatoms. The topological polar surface area (TPSA) is 41.5 Å². The number of hydrogen-bond acceptors (Lipinski definition) is 3. The third-order valence-corrected chi connectivity index (χ3v) is 4.65. The van der Waals surface area contributed by atoms with Gasteiger partial charge in [-0.05, 0) is 49.8 Å². The number of ketones is 1. The molecular weight excluding hydrogens is 376 g/mol. The fourth-order valence-electron chi connectivity index (χ4n) is 2.73. The van der Waals surface area contributed by atoms with Crippen molar-refractivity contribution in [3.63, 3.8) is 0 Å². The van der Waals surface area contributed by atoms with Crippen LogP contribution in [0.25, 0.3) is 5.70 Å². The maximum Gasteiger partial charge on any atom is 0.211 e. The second-order valence-electron chi connectivity index (χ2n) is 6.19. The molecule has 0 fully saturated rings. The number of rotatable bonds is 5. The normalized spacial score (nSPS) is 15.1. The first kappa shape index (κ1) is 17.6. The van der Waals surface area contributed by atoms with Crippen LogP contribution in [0.1, 0.15) is 41.3 Å². The zero-order valence-corrected chi connectivity index (χ0v) is 16.1. The summed E-state index contributed by atoms with van der Waals surface area (Å²) in [6.45, 7) is 4.86. The van der Waals surface area contributed by atoms with Crippen molar-refractivity contribution in [1.29, 1.82) is 0 Å². The number of nitrogens with zero attached hydrogens (tertiary/aromatic N) is 1. The van der Waals surface area contributed by atoms with Crippen LogP contribution in [0, 0.1) is 6.92 Å². The molecule has 1 N–H and O–H groups in total. The number of aliphatic imine (C=N–C) groups is 1. The molecular formula is C21H21BrN2O. The number of unbranched alkanes of at least 4 members (excludes halogenated alkanes) is 1. The van der Waals surface area contributed by atoms with E-state index in [4.69, 9.17) is 0 Å². The highest BCUT2D eigenvalue weighted by Crippen LogP contribution is 2.29. The highest BCUT2D eigenvalue weighted by molar-refractivity contribution is 9.10. The average Bonchev–Trinajstić information content (AvgIpc) is 2.60. The molecule has 0 atom stereocenters. The Labute approximate surface area is 157 Å². The van der Waals surface area contributed by atoms with Crippen molar-refractivity contribution < 1.29 is 4.79 Å². The first-order valence-electron chi connectivity index (χ1n) is 8.53. The minimum Gasteiger partial charge on any atom is -0.355 e. The van der Waals surface area contributed by atoms with Crippen molar-refractivity contribution in [2.75, 3.05) is 11.9 Å². The first-order chi connectivity index (χ1) is 12.1. The van der Waals surface area contributed by atoms with Crippen molar-refractivity contribution >= 4 is 38.8 Å². The van der Waals surface area contributed by atoms with E-state index in [0.717, 1.165) is 34.3 Å². The van der Waals surface area contributed by atoms with Crippen LogP contribution in [-0.2, 0) is 0 Å². The lowest BCUT2D eigenvalue weighted by Crippen LogP contribution is -2.22. The Hall–Kier alpha value is -2.20. The predicted octanol–water partition coefficient (Wildman–Crippen LogP) is 5.65. The Kier molecular flexibility index (Phi) is 5.49. The van der Waals surface area contributed by atoms with Gasteiger partial charge in [0.2, 0.25) is 5.78 Å².